The molecular weight excluding hydrogens is 558 g/mol. The number of esters is 1. The first kappa shape index (κ1) is 28.2. The van der Waals surface area contributed by atoms with Crippen LogP contribution in [0.15, 0.2) is 87.3 Å². The van der Waals surface area contributed by atoms with Crippen LogP contribution in [0.1, 0.15) is 41.8 Å². The maximum Gasteiger partial charge on any atom is 0.343 e. The molecule has 0 radical (unpaired) electrons. The van der Waals surface area contributed by atoms with E-state index in [-0.39, 0.29) is 10.8 Å². The molecule has 0 saturated carbocycles. The Morgan fingerprint density at radius 3 is 2.19 bits per heavy atom. The SMILES string of the molecule is Cc1ccc(S(=O)(=O)N[C@@H](CC(C)C)C(=O)N/N=C\c2ccc(OC(=O)c3ccc(Br)cc3)cc2)cc1. The van der Waals surface area contributed by atoms with E-state index in [1.54, 1.807) is 60.7 Å². The van der Waals surface area contributed by atoms with Gasteiger partial charge in [-0.3, -0.25) is 4.79 Å². The van der Waals surface area contributed by atoms with Crippen molar-refractivity contribution < 1.29 is 22.7 Å². The minimum Gasteiger partial charge on any atom is -0.423 e. The summed E-state index contributed by atoms with van der Waals surface area (Å²) < 4.78 is 34.3. The van der Waals surface area contributed by atoms with Crippen molar-refractivity contribution in [3.63, 3.8) is 0 Å². The highest BCUT2D eigenvalue weighted by Gasteiger charge is 2.26. The number of carbonyl (C=O) groups excluding carboxylic acids is 2. The predicted octanol–water partition coefficient (Wildman–Crippen LogP) is 4.82. The average Bonchev–Trinajstić information content (AvgIpc) is 2.85. The van der Waals surface area contributed by atoms with Crippen LogP contribution in [0, 0.1) is 12.8 Å². The summed E-state index contributed by atoms with van der Waals surface area (Å²) in [4.78, 5) is 25.1. The van der Waals surface area contributed by atoms with Gasteiger partial charge in [0.1, 0.15) is 11.8 Å². The fourth-order valence-electron chi connectivity index (χ4n) is 3.28. The predicted molar refractivity (Wildman–Crippen MR) is 146 cm³/mol. The number of ether oxygens (including phenoxy) is 1. The lowest BCUT2D eigenvalue weighted by Gasteiger charge is -2.19. The number of amides is 1. The summed E-state index contributed by atoms with van der Waals surface area (Å²) in [5, 5.41) is 3.96. The van der Waals surface area contributed by atoms with Crippen LogP contribution in [0.4, 0.5) is 0 Å². The Kier molecular flexibility index (Phi) is 9.73. The Morgan fingerprint density at radius 1 is 0.973 bits per heavy atom. The van der Waals surface area contributed by atoms with E-state index in [1.165, 1.54) is 18.3 Å². The maximum atomic E-state index is 12.8. The molecule has 37 heavy (non-hydrogen) atoms. The minimum atomic E-state index is -3.89. The van der Waals surface area contributed by atoms with Crippen LogP contribution in [0.2, 0.25) is 0 Å². The van der Waals surface area contributed by atoms with Crippen molar-refractivity contribution in [1.82, 2.24) is 10.1 Å². The van der Waals surface area contributed by atoms with E-state index in [9.17, 15) is 18.0 Å². The number of aryl methyl sites for hydroxylation is 1. The van der Waals surface area contributed by atoms with Crippen molar-refractivity contribution in [2.75, 3.05) is 0 Å². The first-order chi connectivity index (χ1) is 17.5. The first-order valence-electron chi connectivity index (χ1n) is 11.5. The molecule has 0 aliphatic rings. The van der Waals surface area contributed by atoms with Crippen LogP contribution < -0.4 is 14.9 Å². The third-order valence-corrected chi connectivity index (χ3v) is 7.23. The number of sulfonamides is 1. The van der Waals surface area contributed by atoms with Gasteiger partial charge in [-0.1, -0.05) is 47.5 Å². The zero-order valence-corrected chi connectivity index (χ0v) is 23.0. The van der Waals surface area contributed by atoms with Crippen LogP contribution in [-0.2, 0) is 14.8 Å². The molecule has 0 fully saturated rings. The van der Waals surface area contributed by atoms with Gasteiger partial charge in [-0.05, 0) is 85.5 Å². The molecular formula is C27H28BrN3O5S. The van der Waals surface area contributed by atoms with E-state index >= 15 is 0 Å². The molecule has 0 heterocycles. The second kappa shape index (κ2) is 12.8. The summed E-state index contributed by atoms with van der Waals surface area (Å²) in [5.74, 6) is -0.629. The third-order valence-electron chi connectivity index (χ3n) is 5.21. The van der Waals surface area contributed by atoms with Crippen molar-refractivity contribution in [3.8, 4) is 5.75 Å². The molecule has 0 aliphatic carbocycles. The lowest BCUT2D eigenvalue weighted by molar-refractivity contribution is -0.123. The van der Waals surface area contributed by atoms with Gasteiger partial charge < -0.3 is 4.74 Å². The monoisotopic (exact) mass is 585 g/mol. The van der Waals surface area contributed by atoms with Gasteiger partial charge in [0.05, 0.1) is 16.7 Å². The quantitative estimate of drug-likeness (QED) is 0.153. The van der Waals surface area contributed by atoms with Gasteiger partial charge in [-0.2, -0.15) is 9.82 Å². The normalized spacial score (nSPS) is 12.5. The van der Waals surface area contributed by atoms with E-state index in [4.69, 9.17) is 4.74 Å². The number of nitrogens with zero attached hydrogens (tertiary/aromatic N) is 1. The van der Waals surface area contributed by atoms with Gasteiger partial charge in [-0.15, -0.1) is 0 Å². The van der Waals surface area contributed by atoms with Gasteiger partial charge in [0.2, 0.25) is 10.0 Å². The smallest absolute Gasteiger partial charge is 0.343 e. The number of rotatable bonds is 10. The fraction of sp³-hybridized carbons (Fsp3) is 0.222. The minimum absolute atomic E-state index is 0.0631. The molecule has 8 nitrogen and oxygen atoms in total. The van der Waals surface area contributed by atoms with Crippen molar-refractivity contribution >= 4 is 44.0 Å². The van der Waals surface area contributed by atoms with Gasteiger partial charge >= 0.3 is 5.97 Å². The number of carbonyl (C=O) groups is 2. The van der Waals surface area contributed by atoms with Crippen molar-refractivity contribution in [1.29, 1.82) is 0 Å². The zero-order chi connectivity index (χ0) is 27.0. The summed E-state index contributed by atoms with van der Waals surface area (Å²) in [5.41, 5.74) is 4.40. The van der Waals surface area contributed by atoms with Crippen molar-refractivity contribution in [2.45, 2.75) is 38.1 Å². The summed E-state index contributed by atoms with van der Waals surface area (Å²) in [7, 11) is -3.89. The van der Waals surface area contributed by atoms with E-state index in [0.717, 1.165) is 10.0 Å². The van der Waals surface area contributed by atoms with Crippen LogP contribution in [0.25, 0.3) is 0 Å². The number of hydrazone groups is 1. The van der Waals surface area contributed by atoms with Gasteiger partial charge in [-0.25, -0.2) is 18.6 Å². The fourth-order valence-corrected chi connectivity index (χ4v) is 4.75. The molecule has 2 N–H and O–H groups in total. The van der Waals surface area contributed by atoms with Crippen LogP contribution >= 0.6 is 15.9 Å². The Labute approximate surface area is 225 Å². The lowest BCUT2D eigenvalue weighted by atomic mass is 10.0. The standard InChI is InChI=1S/C27H28BrN3O5S/c1-18(2)16-25(31-37(34,35)24-14-4-19(3)5-15-24)26(32)30-29-17-20-6-12-23(13-7-20)36-27(33)21-8-10-22(28)11-9-21/h4-15,17-18,25,31H,16H2,1-3H3,(H,30,32)/b29-17-/t25-/m0/s1. The van der Waals surface area contributed by atoms with E-state index in [0.29, 0.717) is 23.3 Å². The average molecular weight is 587 g/mol. The summed E-state index contributed by atoms with van der Waals surface area (Å²) >= 11 is 3.32. The molecule has 3 aromatic carbocycles. The third kappa shape index (κ3) is 8.63. The molecule has 1 atom stereocenters. The molecule has 3 rings (SSSR count). The summed E-state index contributed by atoms with van der Waals surface area (Å²) in [6.45, 7) is 5.66. The molecule has 194 valence electrons. The maximum absolute atomic E-state index is 12.8. The molecule has 0 spiro atoms. The van der Waals surface area contributed by atoms with Crippen molar-refractivity contribution in [3.05, 3.63) is 94.0 Å². The highest BCUT2D eigenvalue weighted by atomic mass is 79.9. The molecule has 3 aromatic rings. The molecule has 0 bridgehead atoms. The van der Waals surface area contributed by atoms with Crippen LogP contribution in [0.5, 0.6) is 5.75 Å². The summed E-state index contributed by atoms with van der Waals surface area (Å²) in [6.07, 6.45) is 1.71. The van der Waals surface area contributed by atoms with Gasteiger partial charge in [0.25, 0.3) is 5.91 Å². The second-order valence-electron chi connectivity index (χ2n) is 8.82. The van der Waals surface area contributed by atoms with Crippen LogP contribution in [0.3, 0.4) is 0 Å². The highest BCUT2D eigenvalue weighted by Crippen LogP contribution is 2.16. The number of hydrogen-bond donors (Lipinski definition) is 2. The number of halogens is 1. The molecule has 0 aromatic heterocycles. The van der Waals surface area contributed by atoms with Gasteiger partial charge in [0, 0.05) is 4.47 Å². The molecule has 10 heteroatoms. The van der Waals surface area contributed by atoms with Crippen LogP contribution in [-0.4, -0.2) is 32.6 Å². The van der Waals surface area contributed by atoms with Crippen molar-refractivity contribution in [2.24, 2.45) is 11.0 Å². The number of hydrogen-bond acceptors (Lipinski definition) is 6. The Morgan fingerprint density at radius 2 is 1.59 bits per heavy atom. The lowest BCUT2D eigenvalue weighted by Crippen LogP contribution is -2.46. The van der Waals surface area contributed by atoms with Gasteiger partial charge in [0.15, 0.2) is 0 Å². The molecule has 0 unspecified atom stereocenters. The largest absolute Gasteiger partial charge is 0.423 e. The topological polar surface area (TPSA) is 114 Å². The molecule has 0 aliphatic heterocycles. The molecule has 0 saturated heterocycles. The zero-order valence-electron chi connectivity index (χ0n) is 20.6. The first-order valence-corrected chi connectivity index (χ1v) is 13.8. The Balaban J connectivity index is 1.60. The second-order valence-corrected chi connectivity index (χ2v) is 11.4. The number of nitrogens with one attached hydrogen (secondary N) is 2. The summed E-state index contributed by atoms with van der Waals surface area (Å²) in [6, 6.07) is 18.8. The van der Waals surface area contributed by atoms with E-state index in [1.807, 2.05) is 20.8 Å². The Hall–Kier alpha value is -3.34. The van der Waals surface area contributed by atoms with E-state index < -0.39 is 27.9 Å². The highest BCUT2D eigenvalue weighted by molar-refractivity contribution is 9.10. The van der Waals surface area contributed by atoms with E-state index in [2.05, 4.69) is 31.2 Å². The Bertz CT molecular complexity index is 1350. The number of benzene rings is 3. The molecule has 1 amide bonds.